The van der Waals surface area contributed by atoms with Gasteiger partial charge in [0.1, 0.15) is 4.90 Å². The summed E-state index contributed by atoms with van der Waals surface area (Å²) in [7, 11) is -2.54. The van der Waals surface area contributed by atoms with Crippen molar-refractivity contribution in [2.24, 2.45) is 0 Å². The number of anilines is 2. The molecule has 3 N–H and O–H groups in total. The molecule has 2 aromatic carbocycles. The molecule has 0 amide bonds. The van der Waals surface area contributed by atoms with Crippen LogP contribution in [-0.4, -0.2) is 30.1 Å². The molecule has 166 valence electrons. The number of ether oxygens (including phenoxy) is 1. The highest BCUT2D eigenvalue weighted by molar-refractivity contribution is 7.92. The lowest BCUT2D eigenvalue weighted by Gasteiger charge is -2.23. The molecule has 0 fully saturated rings. The van der Waals surface area contributed by atoms with Crippen molar-refractivity contribution in [1.29, 1.82) is 0 Å². The van der Waals surface area contributed by atoms with Crippen LogP contribution in [-0.2, 0) is 15.6 Å². The van der Waals surface area contributed by atoms with Crippen LogP contribution in [0.4, 0.5) is 11.6 Å². The number of nitrogens with two attached hydrogens (primary N) is 1. The van der Waals surface area contributed by atoms with Gasteiger partial charge < -0.3 is 15.0 Å². The van der Waals surface area contributed by atoms with Crippen LogP contribution in [0.3, 0.4) is 0 Å². The summed E-state index contributed by atoms with van der Waals surface area (Å²) in [6.45, 7) is 6.14. The predicted molar refractivity (Wildman–Crippen MR) is 126 cm³/mol. The van der Waals surface area contributed by atoms with E-state index in [4.69, 9.17) is 10.5 Å². The van der Waals surface area contributed by atoms with Crippen LogP contribution in [0.1, 0.15) is 20.8 Å². The number of methoxy groups -OCH3 is 1. The first-order valence-electron chi connectivity index (χ1n) is 10.0. The Morgan fingerprint density at radius 2 is 1.75 bits per heavy atom. The first kappa shape index (κ1) is 21.6. The van der Waals surface area contributed by atoms with E-state index in [0.717, 1.165) is 16.6 Å². The maximum absolute atomic E-state index is 13.1. The lowest BCUT2D eigenvalue weighted by Crippen LogP contribution is -2.23. The molecule has 4 rings (SSSR count). The summed E-state index contributed by atoms with van der Waals surface area (Å²) in [5.41, 5.74) is 9.37. The summed E-state index contributed by atoms with van der Waals surface area (Å²) in [5.74, 6) is 0.440. The smallest absolute Gasteiger partial charge is 0.267 e. The van der Waals surface area contributed by atoms with Gasteiger partial charge in [0.05, 0.1) is 18.1 Å². The number of para-hydroxylation sites is 1. The number of nitrogen functional groups attached to an aromatic ring is 1. The Balaban J connectivity index is 1.83. The maximum atomic E-state index is 13.1. The van der Waals surface area contributed by atoms with E-state index in [1.807, 2.05) is 49.6 Å². The van der Waals surface area contributed by atoms with Gasteiger partial charge in [-0.25, -0.2) is 18.4 Å². The number of pyridine rings is 1. The Bertz CT molecular complexity index is 1390. The van der Waals surface area contributed by atoms with Crippen LogP contribution in [0, 0.1) is 0 Å². The van der Waals surface area contributed by atoms with Crippen LogP contribution in [0.2, 0.25) is 0 Å². The summed E-state index contributed by atoms with van der Waals surface area (Å²) >= 11 is 0. The van der Waals surface area contributed by atoms with E-state index >= 15 is 0 Å². The normalized spacial score (nSPS) is 12.1. The number of hydrogen-bond acceptors (Lipinski definition) is 6. The average molecular weight is 452 g/mol. The standard InChI is InChI=1S/C23H25N5O3S/c1-23(2,3)28-19-12-15(10-11-18(19)26-22(28)24)16-13-20(21(31-4)25-14-16)32(29,30)27-17-8-6-5-7-9-17/h5-14,27H,1-4H3,(H2,24,26). The largest absolute Gasteiger partial charge is 0.480 e. The number of aromatic nitrogens is 3. The molecule has 2 heterocycles. The van der Waals surface area contributed by atoms with Crippen LogP contribution in [0.15, 0.2) is 65.7 Å². The van der Waals surface area contributed by atoms with Crippen molar-refractivity contribution in [3.05, 3.63) is 60.8 Å². The monoisotopic (exact) mass is 451 g/mol. The van der Waals surface area contributed by atoms with Crippen molar-refractivity contribution in [3.8, 4) is 17.0 Å². The van der Waals surface area contributed by atoms with Crippen LogP contribution >= 0.6 is 0 Å². The number of nitrogens with one attached hydrogen (secondary N) is 1. The van der Waals surface area contributed by atoms with Crippen molar-refractivity contribution in [2.45, 2.75) is 31.2 Å². The van der Waals surface area contributed by atoms with E-state index in [1.165, 1.54) is 7.11 Å². The van der Waals surface area contributed by atoms with Gasteiger partial charge in [0, 0.05) is 23.0 Å². The highest BCUT2D eigenvalue weighted by Crippen LogP contribution is 2.33. The van der Waals surface area contributed by atoms with Gasteiger partial charge in [-0.1, -0.05) is 24.3 Å². The molecule has 0 unspecified atom stereocenters. The molecule has 0 aliphatic heterocycles. The molecular formula is C23H25N5O3S. The SMILES string of the molecule is COc1ncc(-c2ccc3nc(N)n(C(C)(C)C)c3c2)cc1S(=O)(=O)Nc1ccccc1. The van der Waals surface area contributed by atoms with E-state index in [9.17, 15) is 8.42 Å². The molecule has 0 aliphatic carbocycles. The summed E-state index contributed by atoms with van der Waals surface area (Å²) in [6.07, 6.45) is 1.59. The topological polar surface area (TPSA) is 112 Å². The number of sulfonamides is 1. The molecule has 0 aliphatic rings. The van der Waals surface area contributed by atoms with Gasteiger partial charge >= 0.3 is 0 Å². The lowest BCUT2D eigenvalue weighted by molar-refractivity contribution is 0.385. The van der Waals surface area contributed by atoms with Gasteiger partial charge in [0.15, 0.2) is 0 Å². The highest BCUT2D eigenvalue weighted by Gasteiger charge is 2.23. The highest BCUT2D eigenvalue weighted by atomic mass is 32.2. The fraction of sp³-hybridized carbons (Fsp3) is 0.217. The molecule has 0 saturated carbocycles. The zero-order valence-corrected chi connectivity index (χ0v) is 19.1. The second-order valence-corrected chi connectivity index (χ2v) is 10.0. The number of nitrogens with zero attached hydrogens (tertiary/aromatic N) is 3. The van der Waals surface area contributed by atoms with Crippen molar-refractivity contribution < 1.29 is 13.2 Å². The van der Waals surface area contributed by atoms with E-state index in [-0.39, 0.29) is 16.3 Å². The summed E-state index contributed by atoms with van der Waals surface area (Å²) in [6, 6.07) is 15.9. The Morgan fingerprint density at radius 1 is 1.03 bits per heavy atom. The number of rotatable bonds is 5. The van der Waals surface area contributed by atoms with Gasteiger partial charge in [-0.2, -0.15) is 0 Å². The Kier molecular flexibility index (Phi) is 5.29. The summed E-state index contributed by atoms with van der Waals surface area (Å²) in [5, 5.41) is 0. The van der Waals surface area contributed by atoms with Crippen LogP contribution in [0.25, 0.3) is 22.2 Å². The first-order valence-corrected chi connectivity index (χ1v) is 11.5. The Labute approximate surface area is 187 Å². The van der Waals surface area contributed by atoms with Crippen LogP contribution < -0.4 is 15.2 Å². The third-order valence-corrected chi connectivity index (χ3v) is 6.39. The van der Waals surface area contributed by atoms with E-state index in [2.05, 4.69) is 14.7 Å². The second kappa shape index (κ2) is 7.83. The molecule has 4 aromatic rings. The number of hydrogen-bond donors (Lipinski definition) is 2. The van der Waals surface area contributed by atoms with Gasteiger partial charge in [0.25, 0.3) is 10.0 Å². The van der Waals surface area contributed by atoms with Gasteiger partial charge in [0.2, 0.25) is 11.8 Å². The van der Waals surface area contributed by atoms with Crippen molar-refractivity contribution in [2.75, 3.05) is 17.6 Å². The maximum Gasteiger partial charge on any atom is 0.267 e. The average Bonchev–Trinajstić information content (AvgIpc) is 3.09. The summed E-state index contributed by atoms with van der Waals surface area (Å²) in [4.78, 5) is 8.64. The molecule has 0 saturated heterocycles. The molecular weight excluding hydrogens is 426 g/mol. The van der Waals surface area contributed by atoms with Crippen LogP contribution in [0.5, 0.6) is 5.88 Å². The van der Waals surface area contributed by atoms with E-state index in [0.29, 0.717) is 17.2 Å². The molecule has 32 heavy (non-hydrogen) atoms. The van der Waals surface area contributed by atoms with E-state index < -0.39 is 10.0 Å². The van der Waals surface area contributed by atoms with Gasteiger partial charge in [-0.15, -0.1) is 0 Å². The van der Waals surface area contributed by atoms with E-state index in [1.54, 1.807) is 36.5 Å². The molecule has 0 bridgehead atoms. The quantitative estimate of drug-likeness (QED) is 0.469. The fourth-order valence-corrected chi connectivity index (χ4v) is 4.83. The molecule has 0 radical (unpaired) electrons. The number of fused-ring (bicyclic) bond motifs is 1. The van der Waals surface area contributed by atoms with Crippen molar-refractivity contribution in [3.63, 3.8) is 0 Å². The zero-order chi connectivity index (χ0) is 23.1. The zero-order valence-electron chi connectivity index (χ0n) is 18.3. The predicted octanol–water partition coefficient (Wildman–Crippen LogP) is 4.24. The van der Waals surface area contributed by atoms with Gasteiger partial charge in [-0.3, -0.25) is 4.72 Å². The molecule has 9 heteroatoms. The third-order valence-electron chi connectivity index (χ3n) is 5.01. The third kappa shape index (κ3) is 3.99. The molecule has 2 aromatic heterocycles. The molecule has 0 atom stereocenters. The second-order valence-electron chi connectivity index (χ2n) is 8.38. The van der Waals surface area contributed by atoms with Gasteiger partial charge in [-0.05, 0) is 56.7 Å². The Hall–Kier alpha value is -3.59. The van der Waals surface area contributed by atoms with Crippen molar-refractivity contribution in [1.82, 2.24) is 14.5 Å². The molecule has 0 spiro atoms. The molecule has 8 nitrogen and oxygen atoms in total. The first-order chi connectivity index (χ1) is 15.1. The Morgan fingerprint density at radius 3 is 2.41 bits per heavy atom. The number of imidazole rings is 1. The minimum absolute atomic E-state index is 0.0160. The van der Waals surface area contributed by atoms with Crippen molar-refractivity contribution >= 4 is 32.7 Å². The fourth-order valence-electron chi connectivity index (χ4n) is 3.63. The lowest BCUT2D eigenvalue weighted by atomic mass is 10.1. The number of benzene rings is 2. The minimum atomic E-state index is -3.93. The minimum Gasteiger partial charge on any atom is -0.480 e. The summed E-state index contributed by atoms with van der Waals surface area (Å²) < 4.78 is 36.0.